The maximum Gasteiger partial charge on any atom is 0.319 e. The number of fused-ring (bicyclic) bond motifs is 2. The van der Waals surface area contributed by atoms with Crippen LogP contribution in [0.1, 0.15) is 47.3 Å². The predicted molar refractivity (Wildman–Crippen MR) is 165 cm³/mol. The molecule has 10 nitrogen and oxygen atoms in total. The van der Waals surface area contributed by atoms with E-state index in [9.17, 15) is 14.9 Å². The summed E-state index contributed by atoms with van der Waals surface area (Å²) >= 11 is 6.56. The summed E-state index contributed by atoms with van der Waals surface area (Å²) in [6.07, 6.45) is 5.55. The van der Waals surface area contributed by atoms with Crippen molar-refractivity contribution in [1.29, 1.82) is 5.26 Å². The molecule has 11 heteroatoms. The lowest BCUT2D eigenvalue weighted by molar-refractivity contribution is -0.128. The summed E-state index contributed by atoms with van der Waals surface area (Å²) in [6, 6.07) is 8.27. The van der Waals surface area contributed by atoms with E-state index in [1.54, 1.807) is 4.90 Å². The number of rotatable bonds is 6. The largest absolute Gasteiger partial charge is 0.462 e. The molecule has 4 heterocycles. The van der Waals surface area contributed by atoms with Crippen molar-refractivity contribution in [3.63, 3.8) is 0 Å². The van der Waals surface area contributed by atoms with E-state index in [0.717, 1.165) is 36.2 Å². The lowest BCUT2D eigenvalue weighted by Gasteiger charge is -2.45. The minimum atomic E-state index is -0.633. The maximum absolute atomic E-state index is 14.5. The second-order valence-electron chi connectivity index (χ2n) is 12.3. The molecule has 2 aromatic rings. The smallest absolute Gasteiger partial charge is 0.319 e. The number of likely N-dealkylation sites (N-methyl/N-ethyl adjacent to an activating group) is 1. The molecular formula is C32H38ClN7O3. The van der Waals surface area contributed by atoms with Gasteiger partial charge in [-0.2, -0.15) is 15.2 Å². The first-order valence-electron chi connectivity index (χ1n) is 15.1. The predicted octanol–water partition coefficient (Wildman–Crippen LogP) is 3.53. The van der Waals surface area contributed by atoms with E-state index >= 15 is 0 Å². The zero-order valence-corrected chi connectivity index (χ0v) is 25.6. The molecule has 0 saturated carbocycles. The number of carbonyl (C=O) groups is 2. The first kappa shape index (κ1) is 29.4. The molecule has 226 valence electrons. The summed E-state index contributed by atoms with van der Waals surface area (Å²) in [4.78, 5) is 45.0. The Morgan fingerprint density at radius 3 is 2.84 bits per heavy atom. The Morgan fingerprint density at radius 2 is 2.09 bits per heavy atom. The molecule has 1 aliphatic carbocycles. The number of likely N-dealkylation sites (tertiary alicyclic amines) is 1. The van der Waals surface area contributed by atoms with Gasteiger partial charge < -0.3 is 24.3 Å². The zero-order valence-electron chi connectivity index (χ0n) is 24.9. The van der Waals surface area contributed by atoms with Crippen molar-refractivity contribution < 1.29 is 14.3 Å². The van der Waals surface area contributed by atoms with Crippen LogP contribution >= 0.6 is 11.6 Å². The number of anilines is 2. The first-order chi connectivity index (χ1) is 20.7. The number of Topliss-reactive ketones (excluding diaryl/α,β-unsaturated/α-hetero) is 1. The second kappa shape index (κ2) is 11.8. The van der Waals surface area contributed by atoms with E-state index in [0.29, 0.717) is 68.6 Å². The molecule has 2 fully saturated rings. The lowest BCUT2D eigenvalue weighted by Crippen LogP contribution is -2.55. The van der Waals surface area contributed by atoms with Crippen LogP contribution in [-0.2, 0) is 17.6 Å². The number of carbonyl (C=O) groups excluding carboxylic acids is 2. The second-order valence-corrected chi connectivity index (χ2v) is 12.7. The van der Waals surface area contributed by atoms with Crippen LogP contribution in [0.25, 0.3) is 0 Å². The number of benzene rings is 1. The molecule has 1 aromatic heterocycles. The van der Waals surface area contributed by atoms with Crippen LogP contribution in [0, 0.1) is 16.7 Å². The van der Waals surface area contributed by atoms with E-state index in [-0.39, 0.29) is 36.2 Å². The van der Waals surface area contributed by atoms with E-state index in [1.807, 2.05) is 19.2 Å². The minimum Gasteiger partial charge on any atom is -0.462 e. The van der Waals surface area contributed by atoms with E-state index in [4.69, 9.17) is 26.3 Å². The van der Waals surface area contributed by atoms with Crippen LogP contribution in [0.2, 0.25) is 5.02 Å². The molecule has 0 bridgehead atoms. The fraction of sp³-hybridized carbons (Fsp3) is 0.531. The maximum atomic E-state index is 14.5. The monoisotopic (exact) mass is 603 g/mol. The topological polar surface area (TPSA) is 106 Å². The highest BCUT2D eigenvalue weighted by molar-refractivity contribution is 6.33. The van der Waals surface area contributed by atoms with E-state index in [2.05, 4.69) is 40.5 Å². The zero-order chi connectivity index (χ0) is 30.3. The molecular weight excluding hydrogens is 566 g/mol. The van der Waals surface area contributed by atoms with Gasteiger partial charge in [-0.1, -0.05) is 30.3 Å². The van der Waals surface area contributed by atoms with Gasteiger partial charge in [-0.15, -0.1) is 0 Å². The van der Waals surface area contributed by atoms with E-state index < -0.39 is 5.41 Å². The fourth-order valence-electron chi connectivity index (χ4n) is 7.42. The normalized spacial score (nSPS) is 25.3. The first-order valence-corrected chi connectivity index (χ1v) is 15.4. The Kier molecular flexibility index (Phi) is 8.05. The van der Waals surface area contributed by atoms with Crippen LogP contribution in [0.4, 0.5) is 11.5 Å². The van der Waals surface area contributed by atoms with Crippen molar-refractivity contribution in [1.82, 2.24) is 19.8 Å². The van der Waals surface area contributed by atoms with Crippen molar-refractivity contribution in [2.75, 3.05) is 63.2 Å². The summed E-state index contributed by atoms with van der Waals surface area (Å²) in [6.45, 7) is 7.03. The number of nitriles is 1. The number of amides is 1. The number of para-hydroxylation sites is 1. The summed E-state index contributed by atoms with van der Waals surface area (Å²) in [5.74, 6) is 0.490. The van der Waals surface area contributed by atoms with Crippen molar-refractivity contribution in [3.8, 4) is 12.1 Å². The van der Waals surface area contributed by atoms with Gasteiger partial charge in [0, 0.05) is 44.8 Å². The average molecular weight is 604 g/mol. The summed E-state index contributed by atoms with van der Waals surface area (Å²) in [5.41, 5.74) is 2.66. The van der Waals surface area contributed by atoms with Gasteiger partial charge in [-0.05, 0) is 63.4 Å². The Labute approximate surface area is 257 Å². The van der Waals surface area contributed by atoms with Gasteiger partial charge in [0.15, 0.2) is 5.78 Å². The molecule has 1 spiro atoms. The van der Waals surface area contributed by atoms with Crippen LogP contribution < -0.4 is 14.5 Å². The number of piperazine rings is 1. The Morgan fingerprint density at radius 1 is 1.26 bits per heavy atom. The van der Waals surface area contributed by atoms with Gasteiger partial charge in [0.2, 0.25) is 5.91 Å². The van der Waals surface area contributed by atoms with Crippen molar-refractivity contribution in [2.45, 2.75) is 50.6 Å². The average Bonchev–Trinajstić information content (AvgIpc) is 3.41. The third kappa shape index (κ3) is 5.34. The van der Waals surface area contributed by atoms with Crippen molar-refractivity contribution >= 4 is 34.8 Å². The highest BCUT2D eigenvalue weighted by atomic mass is 35.5. The minimum absolute atomic E-state index is 0.00626. The Balaban J connectivity index is 1.36. The van der Waals surface area contributed by atoms with Crippen molar-refractivity contribution in [3.05, 3.63) is 52.7 Å². The van der Waals surface area contributed by atoms with Gasteiger partial charge in [-0.3, -0.25) is 9.59 Å². The Bertz CT molecular complexity index is 1490. The van der Waals surface area contributed by atoms with Gasteiger partial charge >= 0.3 is 6.01 Å². The van der Waals surface area contributed by atoms with Crippen LogP contribution in [0.3, 0.4) is 0 Å². The van der Waals surface area contributed by atoms with Crippen LogP contribution in [0.15, 0.2) is 30.9 Å². The number of ether oxygens (including phenoxy) is 1. The molecule has 3 atom stereocenters. The van der Waals surface area contributed by atoms with E-state index in [1.165, 1.54) is 6.08 Å². The molecule has 43 heavy (non-hydrogen) atoms. The molecule has 6 rings (SSSR count). The number of halogens is 1. The molecule has 2 unspecified atom stereocenters. The number of hydrogen-bond donors (Lipinski definition) is 0. The van der Waals surface area contributed by atoms with Crippen molar-refractivity contribution in [2.24, 2.45) is 5.41 Å². The highest BCUT2D eigenvalue weighted by Gasteiger charge is 2.49. The number of aromatic nitrogens is 2. The van der Waals surface area contributed by atoms with Gasteiger partial charge in [0.05, 0.1) is 34.7 Å². The molecule has 1 aromatic carbocycles. The van der Waals surface area contributed by atoms with Gasteiger partial charge in [0.25, 0.3) is 0 Å². The standard InChI is InChI=1S/C32H38ClN7O3/c1-4-26(41)40-16-15-39(18-22(40)11-13-34)30-24-10-12-32(17-21-7-5-9-25(33)28(21)38(3)20-32)29(42)27(24)35-31(36-30)43-19-23-8-6-14-37(23)2/h4-5,7,9,22-23H,1,6,8,10-12,14-20H2,2-3H3/t22?,23?,32-/m1/s1. The fourth-order valence-corrected chi connectivity index (χ4v) is 7.76. The third-order valence-electron chi connectivity index (χ3n) is 9.68. The summed E-state index contributed by atoms with van der Waals surface area (Å²) in [5, 5.41) is 10.2. The van der Waals surface area contributed by atoms with Gasteiger partial charge in [0.1, 0.15) is 18.1 Å². The molecule has 0 N–H and O–H groups in total. The molecule has 1 amide bonds. The van der Waals surface area contributed by atoms with Crippen LogP contribution in [0.5, 0.6) is 6.01 Å². The SMILES string of the molecule is C=CC(=O)N1CCN(c2nc(OCC3CCCN3C)nc3c2CC[C@]2(Cc4cccc(Cl)c4N(C)C2)C3=O)CC1CC#N. The summed E-state index contributed by atoms with van der Waals surface area (Å²) < 4.78 is 6.23. The molecule has 2 saturated heterocycles. The molecule has 0 radical (unpaired) electrons. The number of nitrogens with zero attached hydrogens (tertiary/aromatic N) is 7. The molecule has 3 aliphatic heterocycles. The molecule has 4 aliphatic rings. The highest BCUT2D eigenvalue weighted by Crippen LogP contribution is 2.47. The summed E-state index contributed by atoms with van der Waals surface area (Å²) in [7, 11) is 4.09. The number of ketones is 1. The van der Waals surface area contributed by atoms with Gasteiger partial charge in [-0.25, -0.2) is 0 Å². The Hall–Kier alpha value is -3.68. The van der Waals surface area contributed by atoms with Crippen LogP contribution in [-0.4, -0.2) is 97.0 Å². The lowest BCUT2D eigenvalue weighted by atomic mass is 9.66. The third-order valence-corrected chi connectivity index (χ3v) is 9.98. The quantitative estimate of drug-likeness (QED) is 0.458. The number of hydrogen-bond acceptors (Lipinski definition) is 9.